The summed E-state index contributed by atoms with van der Waals surface area (Å²) in [7, 11) is 1.67. The Labute approximate surface area is 111 Å². The molecule has 0 saturated heterocycles. The topological polar surface area (TPSA) is 75.2 Å². The first-order valence-electron chi connectivity index (χ1n) is 5.89. The van der Waals surface area contributed by atoms with Crippen LogP contribution in [0.15, 0.2) is 30.3 Å². The zero-order valence-corrected chi connectivity index (χ0v) is 11.1. The predicted molar refractivity (Wildman–Crippen MR) is 71.0 cm³/mol. The van der Waals surface area contributed by atoms with Crippen LogP contribution >= 0.6 is 0 Å². The van der Waals surface area contributed by atoms with Crippen LogP contribution in [0.3, 0.4) is 0 Å². The quantitative estimate of drug-likeness (QED) is 0.886. The number of nitrogens with zero attached hydrogens (tertiary/aromatic N) is 1. The monoisotopic (exact) mass is 260 g/mol. The molecule has 0 radical (unpaired) electrons. The number of carbonyl (C=O) groups is 1. The minimum Gasteiger partial charge on any atom is -0.477 e. The molecule has 0 saturated carbocycles. The van der Waals surface area contributed by atoms with E-state index in [0.717, 1.165) is 11.1 Å². The van der Waals surface area contributed by atoms with Crippen molar-refractivity contribution in [1.29, 1.82) is 0 Å². The van der Waals surface area contributed by atoms with Crippen LogP contribution in [0.1, 0.15) is 29.9 Å². The molecule has 0 spiro atoms. The number of hydrogen-bond acceptors (Lipinski definition) is 3. The van der Waals surface area contributed by atoms with Gasteiger partial charge in [-0.25, -0.2) is 4.79 Å². The lowest BCUT2D eigenvalue weighted by Gasteiger charge is -2.23. The van der Waals surface area contributed by atoms with Crippen LogP contribution in [0.25, 0.3) is 11.3 Å². The summed E-state index contributed by atoms with van der Waals surface area (Å²) in [4.78, 5) is 10.8. The molecule has 0 amide bonds. The Morgan fingerprint density at radius 2 is 1.95 bits per heavy atom. The molecule has 1 aromatic carbocycles. The van der Waals surface area contributed by atoms with Crippen molar-refractivity contribution in [2.75, 3.05) is 7.11 Å². The SMILES string of the molecule is COC(C)(C)c1ccc(-c2cc(C(=O)O)[nH]n2)cc1. The molecule has 0 aliphatic heterocycles. The van der Waals surface area contributed by atoms with Gasteiger partial charge < -0.3 is 9.84 Å². The summed E-state index contributed by atoms with van der Waals surface area (Å²) >= 11 is 0. The van der Waals surface area contributed by atoms with E-state index >= 15 is 0 Å². The Hall–Kier alpha value is -2.14. The zero-order chi connectivity index (χ0) is 14.0. The molecule has 0 bridgehead atoms. The number of aromatic carboxylic acids is 1. The third kappa shape index (κ3) is 2.66. The highest BCUT2D eigenvalue weighted by Gasteiger charge is 2.19. The molecule has 1 aromatic heterocycles. The first-order chi connectivity index (χ1) is 8.94. The molecule has 0 unspecified atom stereocenters. The fraction of sp³-hybridized carbons (Fsp3) is 0.286. The van der Waals surface area contributed by atoms with Gasteiger partial charge in [-0.1, -0.05) is 24.3 Å². The minimum atomic E-state index is -1.02. The number of benzene rings is 1. The Kier molecular flexibility index (Phi) is 3.40. The van der Waals surface area contributed by atoms with Gasteiger partial charge >= 0.3 is 5.97 Å². The van der Waals surface area contributed by atoms with Crippen molar-refractivity contribution in [3.8, 4) is 11.3 Å². The van der Waals surface area contributed by atoms with Crippen molar-refractivity contribution in [2.24, 2.45) is 0 Å². The van der Waals surface area contributed by atoms with Crippen molar-refractivity contribution < 1.29 is 14.6 Å². The van der Waals surface area contributed by atoms with E-state index in [2.05, 4.69) is 10.2 Å². The van der Waals surface area contributed by atoms with Crippen LogP contribution in [0.4, 0.5) is 0 Å². The van der Waals surface area contributed by atoms with E-state index in [-0.39, 0.29) is 11.3 Å². The molecule has 5 heteroatoms. The van der Waals surface area contributed by atoms with Gasteiger partial charge in [-0.3, -0.25) is 5.10 Å². The van der Waals surface area contributed by atoms with E-state index in [1.165, 1.54) is 6.07 Å². The van der Waals surface area contributed by atoms with Crippen molar-refractivity contribution in [2.45, 2.75) is 19.4 Å². The van der Waals surface area contributed by atoms with Crippen LogP contribution in [0.2, 0.25) is 0 Å². The van der Waals surface area contributed by atoms with E-state index in [0.29, 0.717) is 5.69 Å². The van der Waals surface area contributed by atoms with Gasteiger partial charge in [0.15, 0.2) is 0 Å². The molecule has 0 atom stereocenters. The van der Waals surface area contributed by atoms with Crippen LogP contribution in [0, 0.1) is 0 Å². The number of hydrogen-bond donors (Lipinski definition) is 2. The summed E-state index contributed by atoms with van der Waals surface area (Å²) in [6, 6.07) is 9.22. The summed E-state index contributed by atoms with van der Waals surface area (Å²) in [5.41, 5.74) is 2.25. The molecule has 2 aromatic rings. The van der Waals surface area contributed by atoms with Crippen molar-refractivity contribution in [3.05, 3.63) is 41.6 Å². The number of H-pyrrole nitrogens is 1. The first-order valence-corrected chi connectivity index (χ1v) is 5.89. The average Bonchev–Trinajstić information content (AvgIpc) is 2.88. The van der Waals surface area contributed by atoms with Crippen LogP contribution in [-0.2, 0) is 10.3 Å². The second kappa shape index (κ2) is 4.85. The normalized spacial score (nSPS) is 11.5. The van der Waals surface area contributed by atoms with Crippen LogP contribution in [-0.4, -0.2) is 28.4 Å². The lowest BCUT2D eigenvalue weighted by molar-refractivity contribution is 0.0192. The molecule has 1 heterocycles. The maximum absolute atomic E-state index is 10.8. The minimum absolute atomic E-state index is 0.0799. The molecule has 2 rings (SSSR count). The van der Waals surface area contributed by atoms with E-state index in [9.17, 15) is 4.79 Å². The zero-order valence-electron chi connectivity index (χ0n) is 11.1. The van der Waals surface area contributed by atoms with E-state index in [4.69, 9.17) is 9.84 Å². The van der Waals surface area contributed by atoms with Gasteiger partial charge in [0.2, 0.25) is 0 Å². The van der Waals surface area contributed by atoms with Gasteiger partial charge in [-0.15, -0.1) is 0 Å². The standard InChI is InChI=1S/C14H16N2O3/c1-14(2,19-3)10-6-4-9(5-7-10)11-8-12(13(17)18)16-15-11/h4-8H,1-3H3,(H,15,16)(H,17,18). The largest absolute Gasteiger partial charge is 0.477 e. The number of carboxylic acids is 1. The third-order valence-corrected chi connectivity index (χ3v) is 3.19. The van der Waals surface area contributed by atoms with Gasteiger partial charge in [-0.05, 0) is 25.5 Å². The Morgan fingerprint density at radius 3 is 2.42 bits per heavy atom. The highest BCUT2D eigenvalue weighted by molar-refractivity contribution is 5.86. The van der Waals surface area contributed by atoms with Gasteiger partial charge in [0.1, 0.15) is 5.69 Å². The maximum Gasteiger partial charge on any atom is 0.353 e. The van der Waals surface area contributed by atoms with Crippen molar-refractivity contribution >= 4 is 5.97 Å². The fourth-order valence-corrected chi connectivity index (χ4v) is 1.74. The molecule has 0 fully saturated rings. The smallest absolute Gasteiger partial charge is 0.353 e. The number of rotatable bonds is 4. The molecule has 0 aliphatic carbocycles. The average molecular weight is 260 g/mol. The summed E-state index contributed by atoms with van der Waals surface area (Å²) in [5, 5.41) is 15.3. The third-order valence-electron chi connectivity index (χ3n) is 3.19. The molecule has 19 heavy (non-hydrogen) atoms. The van der Waals surface area contributed by atoms with E-state index < -0.39 is 5.97 Å². The highest BCUT2D eigenvalue weighted by Crippen LogP contribution is 2.26. The highest BCUT2D eigenvalue weighted by atomic mass is 16.5. The Balaban J connectivity index is 2.29. The summed E-state index contributed by atoms with van der Waals surface area (Å²) in [6.07, 6.45) is 0. The first kappa shape index (κ1) is 13.3. The lowest BCUT2D eigenvalue weighted by atomic mass is 9.96. The second-order valence-electron chi connectivity index (χ2n) is 4.76. The number of nitrogens with one attached hydrogen (secondary N) is 1. The summed E-state index contributed by atoms with van der Waals surface area (Å²) < 4.78 is 5.41. The molecule has 100 valence electrons. The number of aromatic nitrogens is 2. The van der Waals surface area contributed by atoms with E-state index in [1.807, 2.05) is 38.1 Å². The van der Waals surface area contributed by atoms with Crippen molar-refractivity contribution in [3.63, 3.8) is 0 Å². The van der Waals surface area contributed by atoms with Crippen LogP contribution < -0.4 is 0 Å². The number of ether oxygens (including phenoxy) is 1. The predicted octanol–water partition coefficient (Wildman–Crippen LogP) is 2.66. The number of methoxy groups -OCH3 is 1. The molecule has 5 nitrogen and oxygen atoms in total. The molecule has 0 aliphatic rings. The fourth-order valence-electron chi connectivity index (χ4n) is 1.74. The van der Waals surface area contributed by atoms with Gasteiger partial charge in [0.25, 0.3) is 0 Å². The number of aromatic amines is 1. The molecule has 2 N–H and O–H groups in total. The Bertz CT molecular complexity index is 585. The van der Waals surface area contributed by atoms with Gasteiger partial charge in [0.05, 0.1) is 11.3 Å². The second-order valence-corrected chi connectivity index (χ2v) is 4.76. The number of carboxylic acid groups (broad SMARTS) is 1. The molecular weight excluding hydrogens is 244 g/mol. The maximum atomic E-state index is 10.8. The van der Waals surface area contributed by atoms with Gasteiger partial charge in [0, 0.05) is 12.7 Å². The van der Waals surface area contributed by atoms with Crippen LogP contribution in [0.5, 0.6) is 0 Å². The summed E-state index contributed by atoms with van der Waals surface area (Å²) in [6.45, 7) is 3.97. The lowest BCUT2D eigenvalue weighted by Crippen LogP contribution is -2.19. The van der Waals surface area contributed by atoms with Gasteiger partial charge in [-0.2, -0.15) is 5.10 Å². The van der Waals surface area contributed by atoms with E-state index in [1.54, 1.807) is 7.11 Å². The Morgan fingerprint density at radius 1 is 1.32 bits per heavy atom. The summed E-state index contributed by atoms with van der Waals surface area (Å²) in [5.74, 6) is -1.02. The van der Waals surface area contributed by atoms with Crippen molar-refractivity contribution in [1.82, 2.24) is 10.2 Å². The molecular formula is C14H16N2O3.